The Kier molecular flexibility index (Phi) is 6.03. The van der Waals surface area contributed by atoms with E-state index in [1.165, 1.54) is 16.7 Å². The molecular weight excluding hydrogens is 386 g/mol. The van der Waals surface area contributed by atoms with Gasteiger partial charge in [0, 0.05) is 22.2 Å². The molecule has 140 valence electrons. The third kappa shape index (κ3) is 4.81. The number of aromatic nitrogens is 2. The second kappa shape index (κ2) is 8.45. The van der Waals surface area contributed by atoms with E-state index in [2.05, 4.69) is 10.3 Å². The molecule has 0 saturated carbocycles. The van der Waals surface area contributed by atoms with E-state index in [1.807, 2.05) is 24.3 Å². The topological polar surface area (TPSA) is 84.2 Å². The number of hydrogen-bond donors (Lipinski definition) is 2. The molecular formula is C19H18ClN3O3S. The van der Waals surface area contributed by atoms with Gasteiger partial charge in [-0.15, -0.1) is 11.8 Å². The van der Waals surface area contributed by atoms with E-state index in [1.54, 1.807) is 24.8 Å². The van der Waals surface area contributed by atoms with Crippen molar-refractivity contribution in [1.29, 1.82) is 0 Å². The zero-order chi connectivity index (χ0) is 19.4. The Morgan fingerprint density at radius 2 is 2.00 bits per heavy atom. The van der Waals surface area contributed by atoms with Crippen molar-refractivity contribution in [3.63, 3.8) is 0 Å². The Balaban J connectivity index is 1.60. The molecule has 0 spiro atoms. The SMILES string of the molecule is Cc1nc2ccc(O)cc2c(=O)n1CC(=O)NCCSc1ccc(Cl)cc1. The number of carbonyl (C=O) groups is 1. The minimum Gasteiger partial charge on any atom is -0.508 e. The molecule has 0 atom stereocenters. The van der Waals surface area contributed by atoms with Crippen molar-refractivity contribution < 1.29 is 9.90 Å². The van der Waals surface area contributed by atoms with Gasteiger partial charge in [-0.1, -0.05) is 11.6 Å². The molecule has 0 fully saturated rings. The van der Waals surface area contributed by atoms with Gasteiger partial charge in [-0.2, -0.15) is 0 Å². The Labute approximate surface area is 165 Å². The highest BCUT2D eigenvalue weighted by Crippen LogP contribution is 2.19. The Bertz CT molecular complexity index is 1030. The number of rotatable bonds is 6. The smallest absolute Gasteiger partial charge is 0.261 e. The number of aromatic hydroxyl groups is 1. The largest absolute Gasteiger partial charge is 0.508 e. The van der Waals surface area contributed by atoms with Gasteiger partial charge in [-0.25, -0.2) is 4.98 Å². The highest BCUT2D eigenvalue weighted by atomic mass is 35.5. The first-order valence-corrected chi connectivity index (χ1v) is 9.65. The molecule has 2 aromatic carbocycles. The van der Waals surface area contributed by atoms with Crippen LogP contribution < -0.4 is 10.9 Å². The summed E-state index contributed by atoms with van der Waals surface area (Å²) in [5.74, 6) is 0.869. The summed E-state index contributed by atoms with van der Waals surface area (Å²) in [6, 6.07) is 11.9. The average Bonchev–Trinajstić information content (AvgIpc) is 2.64. The predicted octanol–water partition coefficient (Wildman–Crippen LogP) is 2.97. The molecule has 27 heavy (non-hydrogen) atoms. The number of halogens is 1. The van der Waals surface area contributed by atoms with Crippen molar-refractivity contribution in [3.05, 3.63) is 63.7 Å². The molecule has 2 N–H and O–H groups in total. The van der Waals surface area contributed by atoms with Crippen molar-refractivity contribution in [2.45, 2.75) is 18.4 Å². The molecule has 0 aliphatic rings. The molecule has 0 radical (unpaired) electrons. The summed E-state index contributed by atoms with van der Waals surface area (Å²) in [5.41, 5.74) is 0.144. The number of hydrogen-bond acceptors (Lipinski definition) is 5. The van der Waals surface area contributed by atoms with E-state index >= 15 is 0 Å². The fourth-order valence-electron chi connectivity index (χ4n) is 2.60. The highest BCUT2D eigenvalue weighted by molar-refractivity contribution is 7.99. The van der Waals surface area contributed by atoms with Gasteiger partial charge in [0.25, 0.3) is 5.56 Å². The molecule has 6 nitrogen and oxygen atoms in total. The molecule has 0 unspecified atom stereocenters. The van der Waals surface area contributed by atoms with Crippen LogP contribution in [0.4, 0.5) is 0 Å². The number of thioether (sulfide) groups is 1. The van der Waals surface area contributed by atoms with E-state index in [-0.39, 0.29) is 29.1 Å². The maximum atomic E-state index is 12.6. The van der Waals surface area contributed by atoms with E-state index in [4.69, 9.17) is 11.6 Å². The number of phenolic OH excluding ortho intramolecular Hbond substituents is 1. The maximum absolute atomic E-state index is 12.6. The lowest BCUT2D eigenvalue weighted by Gasteiger charge is -2.11. The van der Waals surface area contributed by atoms with E-state index in [9.17, 15) is 14.7 Å². The van der Waals surface area contributed by atoms with Gasteiger partial charge in [0.15, 0.2) is 0 Å². The van der Waals surface area contributed by atoms with Crippen LogP contribution in [0.15, 0.2) is 52.2 Å². The van der Waals surface area contributed by atoms with Crippen LogP contribution in [-0.4, -0.2) is 32.9 Å². The Morgan fingerprint density at radius 1 is 1.26 bits per heavy atom. The second-order valence-corrected chi connectivity index (χ2v) is 7.51. The fraction of sp³-hybridized carbons (Fsp3) is 0.211. The molecule has 3 aromatic rings. The van der Waals surface area contributed by atoms with Gasteiger partial charge in [0.2, 0.25) is 5.91 Å². The number of benzene rings is 2. The minimum atomic E-state index is -0.348. The summed E-state index contributed by atoms with van der Waals surface area (Å²) >= 11 is 7.45. The second-order valence-electron chi connectivity index (χ2n) is 5.90. The van der Waals surface area contributed by atoms with Crippen LogP contribution in [0.5, 0.6) is 5.75 Å². The van der Waals surface area contributed by atoms with Crippen LogP contribution in [0.1, 0.15) is 5.82 Å². The van der Waals surface area contributed by atoms with Gasteiger partial charge < -0.3 is 10.4 Å². The van der Waals surface area contributed by atoms with E-state index in [0.717, 1.165) is 4.90 Å². The number of nitrogens with zero attached hydrogens (tertiary/aromatic N) is 2. The fourth-order valence-corrected chi connectivity index (χ4v) is 3.49. The number of phenols is 1. The molecule has 0 saturated heterocycles. The predicted molar refractivity (Wildman–Crippen MR) is 108 cm³/mol. The quantitative estimate of drug-likeness (QED) is 0.488. The Hall–Kier alpha value is -2.51. The summed E-state index contributed by atoms with van der Waals surface area (Å²) in [7, 11) is 0. The molecule has 8 heteroatoms. The number of aryl methyl sites for hydroxylation is 1. The van der Waals surface area contributed by atoms with E-state index < -0.39 is 0 Å². The molecule has 1 amide bonds. The van der Waals surface area contributed by atoms with Crippen LogP contribution in [0.25, 0.3) is 10.9 Å². The van der Waals surface area contributed by atoms with Crippen LogP contribution in [0.3, 0.4) is 0 Å². The van der Waals surface area contributed by atoms with Gasteiger partial charge >= 0.3 is 0 Å². The lowest BCUT2D eigenvalue weighted by Crippen LogP contribution is -2.34. The van der Waals surface area contributed by atoms with Gasteiger partial charge in [0.05, 0.1) is 10.9 Å². The summed E-state index contributed by atoms with van der Waals surface area (Å²) in [5, 5.41) is 13.4. The number of carbonyl (C=O) groups excluding carboxylic acids is 1. The van der Waals surface area contributed by atoms with Gasteiger partial charge in [-0.05, 0) is 49.4 Å². The van der Waals surface area contributed by atoms with Crippen LogP contribution in [-0.2, 0) is 11.3 Å². The standard InChI is InChI=1S/C19H18ClN3O3S/c1-12-22-17-7-4-14(24)10-16(17)19(26)23(12)11-18(25)21-8-9-27-15-5-2-13(20)3-6-15/h2-7,10,24H,8-9,11H2,1H3,(H,21,25). The summed E-state index contributed by atoms with van der Waals surface area (Å²) in [6.07, 6.45) is 0. The molecule has 0 bridgehead atoms. The van der Waals surface area contributed by atoms with Gasteiger partial charge in [0.1, 0.15) is 18.1 Å². The lowest BCUT2D eigenvalue weighted by atomic mass is 10.2. The van der Waals surface area contributed by atoms with Gasteiger partial charge in [-0.3, -0.25) is 14.2 Å². The lowest BCUT2D eigenvalue weighted by molar-refractivity contribution is -0.121. The Morgan fingerprint density at radius 3 is 2.74 bits per heavy atom. The number of fused-ring (bicyclic) bond motifs is 1. The third-order valence-electron chi connectivity index (χ3n) is 3.94. The number of amides is 1. The zero-order valence-corrected chi connectivity index (χ0v) is 16.2. The van der Waals surface area contributed by atoms with Crippen molar-refractivity contribution in [3.8, 4) is 5.75 Å². The van der Waals surface area contributed by atoms with E-state index in [0.29, 0.717) is 28.7 Å². The first-order chi connectivity index (χ1) is 12.9. The van der Waals surface area contributed by atoms with Crippen molar-refractivity contribution in [2.24, 2.45) is 0 Å². The molecule has 0 aliphatic carbocycles. The number of nitrogens with one attached hydrogen (secondary N) is 1. The maximum Gasteiger partial charge on any atom is 0.261 e. The van der Waals surface area contributed by atoms with Crippen molar-refractivity contribution in [2.75, 3.05) is 12.3 Å². The summed E-state index contributed by atoms with van der Waals surface area (Å²) < 4.78 is 1.31. The summed E-state index contributed by atoms with van der Waals surface area (Å²) in [4.78, 5) is 30.2. The normalized spacial score (nSPS) is 10.9. The molecule has 1 aromatic heterocycles. The van der Waals surface area contributed by atoms with Crippen LogP contribution in [0, 0.1) is 6.92 Å². The van der Waals surface area contributed by atoms with Crippen LogP contribution in [0.2, 0.25) is 5.02 Å². The van der Waals surface area contributed by atoms with Crippen molar-refractivity contribution >= 4 is 40.2 Å². The minimum absolute atomic E-state index is 0.0134. The molecule has 1 heterocycles. The first-order valence-electron chi connectivity index (χ1n) is 8.29. The van der Waals surface area contributed by atoms with Crippen LogP contribution >= 0.6 is 23.4 Å². The van der Waals surface area contributed by atoms with Crippen molar-refractivity contribution in [1.82, 2.24) is 14.9 Å². The average molecular weight is 404 g/mol. The molecule has 3 rings (SSSR count). The zero-order valence-electron chi connectivity index (χ0n) is 14.6. The third-order valence-corrected chi connectivity index (χ3v) is 5.20. The summed E-state index contributed by atoms with van der Waals surface area (Å²) in [6.45, 7) is 2.04. The first kappa shape index (κ1) is 19.3. The highest BCUT2D eigenvalue weighted by Gasteiger charge is 2.12. The molecule has 0 aliphatic heterocycles. The monoisotopic (exact) mass is 403 g/mol.